The van der Waals surface area contributed by atoms with Crippen LogP contribution in [-0.4, -0.2) is 19.9 Å². The van der Waals surface area contributed by atoms with Gasteiger partial charge < -0.3 is 5.73 Å². The molecular weight excluding hydrogens is 340 g/mol. The van der Waals surface area contributed by atoms with Crippen LogP contribution in [0.1, 0.15) is 22.8 Å². The van der Waals surface area contributed by atoms with Crippen molar-refractivity contribution in [1.29, 1.82) is 0 Å². The molecule has 0 radical (unpaired) electrons. The fourth-order valence-corrected chi connectivity index (χ4v) is 3.14. The van der Waals surface area contributed by atoms with Gasteiger partial charge >= 0.3 is 5.69 Å². The number of Topliss-reactive ketones (excluding diaryl/α,β-unsaturated/α-hetero) is 1. The Morgan fingerprint density at radius 2 is 1.85 bits per heavy atom. The first-order valence-electron chi connectivity index (χ1n) is 8.56. The summed E-state index contributed by atoms with van der Waals surface area (Å²) < 4.78 is 3.22. The fourth-order valence-electron chi connectivity index (χ4n) is 3.14. The van der Waals surface area contributed by atoms with E-state index < -0.39 is 0 Å². The van der Waals surface area contributed by atoms with E-state index in [4.69, 9.17) is 5.73 Å². The number of imidazole rings is 1. The molecule has 2 N–H and O–H groups in total. The molecule has 134 valence electrons. The average Bonchev–Trinajstić information content (AvgIpc) is 2.95. The van der Waals surface area contributed by atoms with Gasteiger partial charge in [0.05, 0.1) is 17.7 Å². The number of pyridine rings is 1. The third-order valence-corrected chi connectivity index (χ3v) is 4.52. The van der Waals surface area contributed by atoms with E-state index in [2.05, 4.69) is 4.98 Å². The summed E-state index contributed by atoms with van der Waals surface area (Å²) in [6.07, 6.45) is 1.65. The van der Waals surface area contributed by atoms with Crippen molar-refractivity contribution in [1.82, 2.24) is 14.1 Å². The molecule has 27 heavy (non-hydrogen) atoms. The normalized spacial score (nSPS) is 11.0. The van der Waals surface area contributed by atoms with Gasteiger partial charge in [0, 0.05) is 17.4 Å². The van der Waals surface area contributed by atoms with Crippen molar-refractivity contribution in [3.8, 4) is 5.69 Å². The lowest BCUT2D eigenvalue weighted by Gasteiger charge is -2.05. The smallest absolute Gasteiger partial charge is 0.335 e. The minimum Gasteiger partial charge on any atom is -0.399 e. The Morgan fingerprint density at radius 3 is 2.59 bits per heavy atom. The van der Waals surface area contributed by atoms with Crippen molar-refractivity contribution in [3.63, 3.8) is 0 Å². The number of hydrogen-bond acceptors (Lipinski definition) is 4. The first-order valence-corrected chi connectivity index (χ1v) is 8.56. The van der Waals surface area contributed by atoms with Crippen molar-refractivity contribution >= 4 is 22.6 Å². The van der Waals surface area contributed by atoms with Gasteiger partial charge in [0.1, 0.15) is 0 Å². The average molecular weight is 358 g/mol. The van der Waals surface area contributed by atoms with Crippen LogP contribution in [0.2, 0.25) is 0 Å². The zero-order chi connectivity index (χ0) is 19.0. The number of benzene rings is 2. The van der Waals surface area contributed by atoms with Crippen LogP contribution in [0.5, 0.6) is 0 Å². The second kappa shape index (κ2) is 6.57. The van der Waals surface area contributed by atoms with Crippen LogP contribution < -0.4 is 11.4 Å². The monoisotopic (exact) mass is 358 g/mol. The van der Waals surface area contributed by atoms with E-state index >= 15 is 0 Å². The Kier molecular flexibility index (Phi) is 4.08. The minimum atomic E-state index is -0.207. The van der Waals surface area contributed by atoms with Gasteiger partial charge in [0.2, 0.25) is 0 Å². The van der Waals surface area contributed by atoms with Gasteiger partial charge in [-0.3, -0.25) is 9.36 Å². The largest absolute Gasteiger partial charge is 0.399 e. The maximum absolute atomic E-state index is 13.2. The van der Waals surface area contributed by atoms with Gasteiger partial charge in [0.15, 0.2) is 11.4 Å². The van der Waals surface area contributed by atoms with E-state index in [9.17, 15) is 9.59 Å². The maximum Gasteiger partial charge on any atom is 0.335 e. The van der Waals surface area contributed by atoms with Crippen molar-refractivity contribution in [2.45, 2.75) is 13.5 Å². The molecule has 0 unspecified atom stereocenters. The first kappa shape index (κ1) is 16.8. The molecular formula is C21H18N4O2. The molecule has 0 aliphatic heterocycles. The fraction of sp³-hybridized carbons (Fsp3) is 0.0952. The number of aromatic nitrogens is 3. The summed E-state index contributed by atoms with van der Waals surface area (Å²) in [5.41, 5.74) is 9.64. The summed E-state index contributed by atoms with van der Waals surface area (Å²) >= 11 is 0. The molecule has 0 bridgehead atoms. The van der Waals surface area contributed by atoms with Crippen LogP contribution >= 0.6 is 0 Å². The van der Waals surface area contributed by atoms with Gasteiger partial charge in [-0.1, -0.05) is 24.3 Å². The Morgan fingerprint density at radius 1 is 1.07 bits per heavy atom. The maximum atomic E-state index is 13.2. The number of nitrogen functional groups attached to an aromatic ring is 1. The molecule has 6 heteroatoms. The number of nitrogens with two attached hydrogens (primary N) is 1. The molecule has 0 aliphatic carbocycles. The number of anilines is 1. The minimum absolute atomic E-state index is 0.0523. The number of fused-ring (bicyclic) bond motifs is 1. The van der Waals surface area contributed by atoms with E-state index in [-0.39, 0.29) is 11.5 Å². The molecule has 2 aromatic carbocycles. The topological polar surface area (TPSA) is 82.9 Å². The van der Waals surface area contributed by atoms with Gasteiger partial charge in [-0.15, -0.1) is 0 Å². The summed E-state index contributed by atoms with van der Waals surface area (Å²) in [4.78, 5) is 29.4. The Bertz CT molecular complexity index is 1200. The lowest BCUT2D eigenvalue weighted by Crippen LogP contribution is -2.24. The highest BCUT2D eigenvalue weighted by Crippen LogP contribution is 2.18. The SMILES string of the molecule is CC(=O)c1cccc(-n2c(=O)n(Cc3ccc(N)cc3)c3cccnc32)c1. The molecule has 0 amide bonds. The zero-order valence-electron chi connectivity index (χ0n) is 14.8. The molecule has 0 saturated carbocycles. The summed E-state index contributed by atoms with van der Waals surface area (Å²) in [7, 11) is 0. The Balaban J connectivity index is 1.91. The number of hydrogen-bond donors (Lipinski definition) is 1. The highest BCUT2D eigenvalue weighted by Gasteiger charge is 2.16. The Hall–Kier alpha value is -3.67. The van der Waals surface area contributed by atoms with Crippen LogP contribution in [0.25, 0.3) is 16.9 Å². The quantitative estimate of drug-likeness (QED) is 0.449. The van der Waals surface area contributed by atoms with E-state index in [1.54, 1.807) is 45.7 Å². The third-order valence-electron chi connectivity index (χ3n) is 4.52. The predicted molar refractivity (Wildman–Crippen MR) is 105 cm³/mol. The number of ketones is 1. The molecule has 2 heterocycles. The van der Waals surface area contributed by atoms with Gasteiger partial charge in [-0.25, -0.2) is 14.3 Å². The van der Waals surface area contributed by atoms with Crippen LogP contribution in [0, 0.1) is 0 Å². The summed E-state index contributed by atoms with van der Waals surface area (Å²) in [5, 5.41) is 0. The van der Waals surface area contributed by atoms with Gasteiger partial charge in [-0.05, 0) is 48.9 Å². The lowest BCUT2D eigenvalue weighted by atomic mass is 10.1. The molecule has 2 aromatic heterocycles. The van der Waals surface area contributed by atoms with Crippen LogP contribution in [0.15, 0.2) is 71.7 Å². The van der Waals surface area contributed by atoms with Gasteiger partial charge in [0.25, 0.3) is 0 Å². The van der Waals surface area contributed by atoms with Crippen LogP contribution in [0.3, 0.4) is 0 Å². The first-order chi connectivity index (χ1) is 13.0. The number of nitrogens with zero attached hydrogens (tertiary/aromatic N) is 3. The van der Waals surface area contributed by atoms with Gasteiger partial charge in [-0.2, -0.15) is 0 Å². The van der Waals surface area contributed by atoms with Crippen molar-refractivity contribution in [2.24, 2.45) is 0 Å². The number of carbonyl (C=O) groups is 1. The summed E-state index contributed by atoms with van der Waals surface area (Å²) in [6.45, 7) is 1.91. The molecule has 0 spiro atoms. The highest BCUT2D eigenvalue weighted by atomic mass is 16.2. The van der Waals surface area contributed by atoms with Crippen molar-refractivity contribution in [3.05, 3.63) is 88.5 Å². The molecule has 0 aliphatic rings. The lowest BCUT2D eigenvalue weighted by molar-refractivity contribution is 0.101. The standard InChI is InChI=1S/C21H18N4O2/c1-14(26)16-4-2-5-18(12-16)25-20-19(6-3-11-23-20)24(21(25)27)13-15-7-9-17(22)10-8-15/h2-12H,13,22H2,1H3. The zero-order valence-corrected chi connectivity index (χ0v) is 14.8. The number of carbonyl (C=O) groups excluding carboxylic acids is 1. The Labute approximate surface area is 155 Å². The van der Waals surface area contributed by atoms with Crippen molar-refractivity contribution in [2.75, 3.05) is 5.73 Å². The second-order valence-electron chi connectivity index (χ2n) is 6.40. The van der Waals surface area contributed by atoms with Crippen LogP contribution in [-0.2, 0) is 6.54 Å². The molecule has 0 fully saturated rings. The molecule has 0 atom stereocenters. The van der Waals surface area contributed by atoms with E-state index in [0.717, 1.165) is 11.1 Å². The molecule has 4 rings (SSSR count). The molecule has 6 nitrogen and oxygen atoms in total. The van der Waals surface area contributed by atoms with E-state index in [1.807, 2.05) is 30.3 Å². The highest BCUT2D eigenvalue weighted by molar-refractivity contribution is 5.94. The molecule has 0 saturated heterocycles. The summed E-state index contributed by atoms with van der Waals surface area (Å²) in [5.74, 6) is -0.0523. The van der Waals surface area contributed by atoms with Crippen LogP contribution in [0.4, 0.5) is 5.69 Å². The number of rotatable bonds is 4. The summed E-state index contributed by atoms with van der Waals surface area (Å²) in [6, 6.07) is 18.1. The predicted octanol–water partition coefficient (Wildman–Crippen LogP) is 3.02. The van der Waals surface area contributed by atoms with E-state index in [1.165, 1.54) is 6.92 Å². The molecule has 4 aromatic rings. The third kappa shape index (κ3) is 3.01. The second-order valence-corrected chi connectivity index (χ2v) is 6.40. The van der Waals surface area contributed by atoms with E-state index in [0.29, 0.717) is 29.1 Å². The van der Waals surface area contributed by atoms with Crippen molar-refractivity contribution < 1.29 is 4.79 Å².